The third-order valence-corrected chi connectivity index (χ3v) is 2.21. The standard InChI is InChI=1S/C9H9F3N6O/c1-17-6(9(10,11)12)2-7(16-17)15-8(19)3-18-5-13-4-14-18/h2,4-5H,3H2,1H3,(H,15,16,19). The molecule has 0 atom stereocenters. The Balaban J connectivity index is 2.06. The van der Waals surface area contributed by atoms with Crippen LogP contribution in [0.15, 0.2) is 18.7 Å². The minimum atomic E-state index is -4.52. The van der Waals surface area contributed by atoms with E-state index < -0.39 is 17.8 Å². The fourth-order valence-electron chi connectivity index (χ4n) is 1.44. The molecule has 2 aromatic heterocycles. The Morgan fingerprint density at radius 1 is 1.47 bits per heavy atom. The second-order valence-corrected chi connectivity index (χ2v) is 3.68. The molecule has 19 heavy (non-hydrogen) atoms. The van der Waals surface area contributed by atoms with Gasteiger partial charge in [-0.05, 0) is 0 Å². The molecular formula is C9H9F3N6O. The molecule has 0 radical (unpaired) electrons. The van der Waals surface area contributed by atoms with Crippen LogP contribution in [0.1, 0.15) is 5.69 Å². The molecule has 0 aliphatic heterocycles. The zero-order valence-corrected chi connectivity index (χ0v) is 9.72. The molecule has 1 N–H and O–H groups in total. The van der Waals surface area contributed by atoms with E-state index in [2.05, 4.69) is 20.5 Å². The molecule has 0 unspecified atom stereocenters. The van der Waals surface area contributed by atoms with Gasteiger partial charge in [-0.2, -0.15) is 23.4 Å². The zero-order valence-electron chi connectivity index (χ0n) is 9.72. The largest absolute Gasteiger partial charge is 0.433 e. The highest BCUT2D eigenvalue weighted by Gasteiger charge is 2.35. The number of aromatic nitrogens is 5. The highest BCUT2D eigenvalue weighted by Crippen LogP contribution is 2.30. The van der Waals surface area contributed by atoms with Crippen molar-refractivity contribution in [3.63, 3.8) is 0 Å². The van der Waals surface area contributed by atoms with Crippen molar-refractivity contribution in [1.29, 1.82) is 0 Å². The van der Waals surface area contributed by atoms with Crippen molar-refractivity contribution in [2.24, 2.45) is 7.05 Å². The van der Waals surface area contributed by atoms with E-state index in [-0.39, 0.29) is 12.4 Å². The third kappa shape index (κ3) is 3.09. The van der Waals surface area contributed by atoms with Crippen LogP contribution in [0, 0.1) is 0 Å². The number of nitrogens with one attached hydrogen (secondary N) is 1. The fourth-order valence-corrected chi connectivity index (χ4v) is 1.44. The number of amides is 1. The average molecular weight is 274 g/mol. The predicted molar refractivity (Wildman–Crippen MR) is 56.9 cm³/mol. The number of carbonyl (C=O) groups is 1. The van der Waals surface area contributed by atoms with Gasteiger partial charge in [-0.1, -0.05) is 0 Å². The van der Waals surface area contributed by atoms with Crippen LogP contribution in [0.4, 0.5) is 19.0 Å². The Kier molecular flexibility index (Phi) is 3.23. The van der Waals surface area contributed by atoms with Gasteiger partial charge in [0.05, 0.1) is 0 Å². The molecule has 2 rings (SSSR count). The van der Waals surface area contributed by atoms with Crippen LogP contribution in [0.2, 0.25) is 0 Å². The van der Waals surface area contributed by atoms with E-state index in [1.54, 1.807) is 0 Å². The number of rotatable bonds is 3. The van der Waals surface area contributed by atoms with E-state index in [0.29, 0.717) is 4.68 Å². The van der Waals surface area contributed by atoms with Crippen molar-refractivity contribution in [1.82, 2.24) is 24.5 Å². The van der Waals surface area contributed by atoms with Gasteiger partial charge in [0.25, 0.3) is 0 Å². The maximum Gasteiger partial charge on any atom is 0.433 e. The maximum absolute atomic E-state index is 12.5. The number of hydrogen-bond donors (Lipinski definition) is 1. The molecule has 0 fully saturated rings. The lowest BCUT2D eigenvalue weighted by atomic mass is 10.4. The van der Waals surface area contributed by atoms with Gasteiger partial charge in [-0.15, -0.1) is 0 Å². The Bertz CT molecular complexity index is 573. The molecule has 0 aliphatic carbocycles. The lowest BCUT2D eigenvalue weighted by Crippen LogP contribution is -2.19. The summed E-state index contributed by atoms with van der Waals surface area (Å²) in [6.45, 7) is -0.155. The Morgan fingerprint density at radius 2 is 2.21 bits per heavy atom. The summed E-state index contributed by atoms with van der Waals surface area (Å²) in [4.78, 5) is 15.2. The second kappa shape index (κ2) is 4.71. The monoisotopic (exact) mass is 274 g/mol. The fraction of sp³-hybridized carbons (Fsp3) is 0.333. The van der Waals surface area contributed by atoms with Crippen molar-refractivity contribution in [3.8, 4) is 0 Å². The number of hydrogen-bond acceptors (Lipinski definition) is 4. The first-order valence-electron chi connectivity index (χ1n) is 5.10. The molecule has 10 heteroatoms. The van der Waals surface area contributed by atoms with Gasteiger partial charge < -0.3 is 5.32 Å². The number of nitrogens with zero attached hydrogens (tertiary/aromatic N) is 5. The van der Waals surface area contributed by atoms with Crippen molar-refractivity contribution < 1.29 is 18.0 Å². The smallest absolute Gasteiger partial charge is 0.308 e. The zero-order chi connectivity index (χ0) is 14.0. The minimum absolute atomic E-state index is 0.155. The molecule has 102 valence electrons. The molecule has 0 saturated heterocycles. The SMILES string of the molecule is Cn1nc(NC(=O)Cn2cncn2)cc1C(F)(F)F. The van der Waals surface area contributed by atoms with Crippen LogP contribution in [-0.4, -0.2) is 30.5 Å². The molecule has 0 saturated carbocycles. The van der Waals surface area contributed by atoms with E-state index in [9.17, 15) is 18.0 Å². The summed E-state index contributed by atoms with van der Waals surface area (Å²) in [5, 5.41) is 9.52. The van der Waals surface area contributed by atoms with Crippen molar-refractivity contribution in [2.75, 3.05) is 5.32 Å². The quantitative estimate of drug-likeness (QED) is 0.892. The lowest BCUT2D eigenvalue weighted by Gasteiger charge is -2.04. The topological polar surface area (TPSA) is 77.6 Å². The van der Waals surface area contributed by atoms with Crippen molar-refractivity contribution in [2.45, 2.75) is 12.7 Å². The van der Waals surface area contributed by atoms with Gasteiger partial charge in [0.1, 0.15) is 24.9 Å². The number of alkyl halides is 3. The Labute approximate surface area is 105 Å². The minimum Gasteiger partial charge on any atom is -0.308 e. The van der Waals surface area contributed by atoms with E-state index >= 15 is 0 Å². The van der Waals surface area contributed by atoms with Gasteiger partial charge in [-0.3, -0.25) is 9.48 Å². The number of anilines is 1. The molecule has 0 aliphatic rings. The first-order valence-corrected chi connectivity index (χ1v) is 5.10. The Hall–Kier alpha value is -2.39. The summed E-state index contributed by atoms with van der Waals surface area (Å²) in [6.07, 6.45) is -1.95. The van der Waals surface area contributed by atoms with E-state index in [1.165, 1.54) is 17.3 Å². The molecule has 7 nitrogen and oxygen atoms in total. The number of carbonyl (C=O) groups excluding carboxylic acids is 1. The highest BCUT2D eigenvalue weighted by molar-refractivity contribution is 5.89. The van der Waals surface area contributed by atoms with Crippen LogP contribution in [0.5, 0.6) is 0 Å². The highest BCUT2D eigenvalue weighted by atomic mass is 19.4. The van der Waals surface area contributed by atoms with Gasteiger partial charge >= 0.3 is 6.18 Å². The normalized spacial score (nSPS) is 11.6. The molecular weight excluding hydrogens is 265 g/mol. The predicted octanol–water partition coefficient (Wildman–Crippen LogP) is 0.669. The number of halogens is 3. The van der Waals surface area contributed by atoms with Gasteiger partial charge in [0, 0.05) is 13.1 Å². The maximum atomic E-state index is 12.5. The summed E-state index contributed by atoms with van der Waals surface area (Å²) in [6, 6.07) is 0.763. The van der Waals surface area contributed by atoms with E-state index in [1.807, 2.05) is 0 Å². The Morgan fingerprint density at radius 3 is 2.74 bits per heavy atom. The van der Waals surface area contributed by atoms with Crippen molar-refractivity contribution >= 4 is 11.7 Å². The third-order valence-electron chi connectivity index (χ3n) is 2.21. The average Bonchev–Trinajstić information content (AvgIpc) is 2.87. The molecule has 2 heterocycles. The molecule has 2 aromatic rings. The number of aryl methyl sites for hydroxylation is 1. The summed E-state index contributed by atoms with van der Waals surface area (Å²) in [5.74, 6) is -0.711. The molecule has 1 amide bonds. The molecule has 0 aromatic carbocycles. The van der Waals surface area contributed by atoms with E-state index in [0.717, 1.165) is 13.1 Å². The molecule has 0 spiro atoms. The first-order chi connectivity index (χ1) is 8.86. The van der Waals surface area contributed by atoms with Crippen LogP contribution in [-0.2, 0) is 24.6 Å². The van der Waals surface area contributed by atoms with Crippen LogP contribution >= 0.6 is 0 Å². The van der Waals surface area contributed by atoms with Crippen LogP contribution in [0.3, 0.4) is 0 Å². The lowest BCUT2D eigenvalue weighted by molar-refractivity contribution is -0.143. The van der Waals surface area contributed by atoms with Gasteiger partial charge in [-0.25, -0.2) is 9.67 Å². The summed E-state index contributed by atoms with van der Waals surface area (Å²) in [7, 11) is 1.15. The van der Waals surface area contributed by atoms with Gasteiger partial charge in [0.2, 0.25) is 5.91 Å². The summed E-state index contributed by atoms with van der Waals surface area (Å²) in [5.41, 5.74) is -0.941. The van der Waals surface area contributed by atoms with Crippen molar-refractivity contribution in [3.05, 3.63) is 24.4 Å². The van der Waals surface area contributed by atoms with Crippen LogP contribution < -0.4 is 5.32 Å². The first kappa shape index (κ1) is 13.1. The van der Waals surface area contributed by atoms with E-state index in [4.69, 9.17) is 0 Å². The summed E-state index contributed by atoms with van der Waals surface area (Å²) >= 11 is 0. The molecule has 0 bridgehead atoms. The van der Waals surface area contributed by atoms with Gasteiger partial charge in [0.15, 0.2) is 5.82 Å². The summed E-state index contributed by atoms with van der Waals surface area (Å²) < 4.78 is 39.4. The van der Waals surface area contributed by atoms with Crippen LogP contribution in [0.25, 0.3) is 0 Å². The second-order valence-electron chi connectivity index (χ2n) is 3.68.